The summed E-state index contributed by atoms with van der Waals surface area (Å²) < 4.78 is 0. The molecule has 1 amide bonds. The average molecular weight is 303 g/mol. The van der Waals surface area contributed by atoms with E-state index in [2.05, 4.69) is 0 Å². The fourth-order valence-corrected chi connectivity index (χ4v) is 3.94. The molecule has 1 aliphatic carbocycles. The van der Waals surface area contributed by atoms with Crippen LogP contribution >= 0.6 is 11.8 Å². The fourth-order valence-electron chi connectivity index (χ4n) is 3.02. The van der Waals surface area contributed by atoms with Crippen molar-refractivity contribution in [2.24, 2.45) is 0 Å². The molecule has 3 rings (SSSR count). The summed E-state index contributed by atoms with van der Waals surface area (Å²) in [7, 11) is 0. The number of carbonyl (C=O) groups is 3. The standard InChI is InChI=1S/C16H17NO3S/c1-10(18)21-13-8-16(20)17(9-13)12-6-5-11-3-2-4-15(19)14(11)7-12/h5-7,13H,2-4,8-9H2,1H3. The first kappa shape index (κ1) is 14.3. The highest BCUT2D eigenvalue weighted by Gasteiger charge is 2.32. The molecule has 0 aromatic heterocycles. The zero-order chi connectivity index (χ0) is 15.0. The molecular formula is C16H17NO3S. The van der Waals surface area contributed by atoms with Gasteiger partial charge in [-0.2, -0.15) is 0 Å². The van der Waals surface area contributed by atoms with Gasteiger partial charge in [-0.05, 0) is 30.5 Å². The van der Waals surface area contributed by atoms with Gasteiger partial charge in [0.1, 0.15) is 0 Å². The zero-order valence-electron chi connectivity index (χ0n) is 11.9. The minimum atomic E-state index is 0.0155. The molecular weight excluding hydrogens is 286 g/mol. The molecule has 1 saturated heterocycles. The average Bonchev–Trinajstić information content (AvgIpc) is 2.79. The Morgan fingerprint density at radius 2 is 2.10 bits per heavy atom. The molecule has 1 aromatic carbocycles. The minimum absolute atomic E-state index is 0.0155. The van der Waals surface area contributed by atoms with Gasteiger partial charge in [0, 0.05) is 42.8 Å². The number of hydrogen-bond acceptors (Lipinski definition) is 4. The third-order valence-corrected chi connectivity index (χ3v) is 4.96. The second kappa shape index (κ2) is 5.64. The maximum absolute atomic E-state index is 12.1. The Balaban J connectivity index is 1.84. The monoisotopic (exact) mass is 303 g/mol. The van der Waals surface area contributed by atoms with E-state index in [1.54, 1.807) is 4.90 Å². The van der Waals surface area contributed by atoms with Crippen LogP contribution in [0.5, 0.6) is 0 Å². The Morgan fingerprint density at radius 3 is 2.86 bits per heavy atom. The Bertz CT molecular complexity index is 626. The second-order valence-electron chi connectivity index (χ2n) is 5.56. The van der Waals surface area contributed by atoms with E-state index in [4.69, 9.17) is 0 Å². The van der Waals surface area contributed by atoms with E-state index >= 15 is 0 Å². The summed E-state index contributed by atoms with van der Waals surface area (Å²) in [6.45, 7) is 2.06. The summed E-state index contributed by atoms with van der Waals surface area (Å²) in [5, 5.41) is 0.0528. The number of hydrogen-bond donors (Lipinski definition) is 0. The van der Waals surface area contributed by atoms with E-state index in [1.165, 1.54) is 18.7 Å². The van der Waals surface area contributed by atoms with Gasteiger partial charge < -0.3 is 4.90 Å². The molecule has 21 heavy (non-hydrogen) atoms. The Kier molecular flexibility index (Phi) is 3.85. The summed E-state index contributed by atoms with van der Waals surface area (Å²) in [5.74, 6) is 0.191. The number of Topliss-reactive ketones (excluding diaryl/α,β-unsaturated/α-hetero) is 1. The topological polar surface area (TPSA) is 54.5 Å². The van der Waals surface area contributed by atoms with Gasteiger partial charge in [0.2, 0.25) is 5.91 Å². The Morgan fingerprint density at radius 1 is 1.29 bits per heavy atom. The molecule has 1 unspecified atom stereocenters. The number of amides is 1. The van der Waals surface area contributed by atoms with Crippen LogP contribution in [-0.4, -0.2) is 28.6 Å². The molecule has 5 heteroatoms. The van der Waals surface area contributed by atoms with Gasteiger partial charge in [0.05, 0.1) is 0 Å². The highest BCUT2D eigenvalue weighted by atomic mass is 32.2. The van der Waals surface area contributed by atoms with Crippen LogP contribution in [0.1, 0.15) is 42.1 Å². The Labute approximate surface area is 127 Å². The lowest BCUT2D eigenvalue weighted by atomic mass is 9.90. The predicted octanol–water partition coefficient (Wildman–Crippen LogP) is 2.59. The van der Waals surface area contributed by atoms with Crippen LogP contribution in [0.3, 0.4) is 0 Å². The smallest absolute Gasteiger partial charge is 0.228 e. The van der Waals surface area contributed by atoms with Gasteiger partial charge in [0.15, 0.2) is 10.9 Å². The number of benzene rings is 1. The molecule has 0 spiro atoms. The molecule has 0 radical (unpaired) electrons. The third kappa shape index (κ3) is 2.88. The molecule has 0 N–H and O–H groups in total. The van der Waals surface area contributed by atoms with Gasteiger partial charge in [0.25, 0.3) is 0 Å². The van der Waals surface area contributed by atoms with Crippen LogP contribution in [0.2, 0.25) is 0 Å². The number of thioether (sulfide) groups is 1. The van der Waals surface area contributed by atoms with Crippen molar-refractivity contribution >= 4 is 34.3 Å². The SMILES string of the molecule is CC(=O)SC1CC(=O)N(c2ccc3c(c2)C(=O)CCC3)C1. The number of nitrogens with zero attached hydrogens (tertiary/aromatic N) is 1. The van der Waals surface area contributed by atoms with Gasteiger partial charge >= 0.3 is 0 Å². The summed E-state index contributed by atoms with van der Waals surface area (Å²) in [6, 6.07) is 5.71. The highest BCUT2D eigenvalue weighted by Crippen LogP contribution is 2.31. The van der Waals surface area contributed by atoms with Crippen LogP contribution < -0.4 is 4.90 Å². The summed E-state index contributed by atoms with van der Waals surface area (Å²) >= 11 is 1.23. The van der Waals surface area contributed by atoms with Gasteiger partial charge in [-0.1, -0.05) is 17.8 Å². The first-order valence-electron chi connectivity index (χ1n) is 7.18. The second-order valence-corrected chi connectivity index (χ2v) is 7.04. The largest absolute Gasteiger partial charge is 0.311 e. The first-order valence-corrected chi connectivity index (χ1v) is 8.06. The first-order chi connectivity index (χ1) is 10.0. The number of ketones is 1. The molecule has 4 nitrogen and oxygen atoms in total. The van der Waals surface area contributed by atoms with E-state index in [0.29, 0.717) is 19.4 Å². The molecule has 1 aliphatic heterocycles. The zero-order valence-corrected chi connectivity index (χ0v) is 12.7. The van der Waals surface area contributed by atoms with E-state index in [-0.39, 0.29) is 22.1 Å². The molecule has 2 aliphatic rings. The molecule has 1 aromatic rings. The lowest BCUT2D eigenvalue weighted by Crippen LogP contribution is -2.25. The van der Waals surface area contributed by atoms with Crippen LogP contribution in [0.4, 0.5) is 5.69 Å². The highest BCUT2D eigenvalue weighted by molar-refractivity contribution is 8.14. The number of rotatable bonds is 2. The van der Waals surface area contributed by atoms with Crippen molar-refractivity contribution in [2.75, 3.05) is 11.4 Å². The third-order valence-electron chi connectivity index (χ3n) is 3.98. The lowest BCUT2D eigenvalue weighted by molar-refractivity contribution is -0.117. The quantitative estimate of drug-likeness (QED) is 0.842. The van der Waals surface area contributed by atoms with Crippen LogP contribution in [0.25, 0.3) is 0 Å². The van der Waals surface area contributed by atoms with Crippen LogP contribution in [0.15, 0.2) is 18.2 Å². The maximum atomic E-state index is 12.1. The molecule has 1 fully saturated rings. The molecule has 0 saturated carbocycles. The van der Waals surface area contributed by atoms with E-state index in [0.717, 1.165) is 29.7 Å². The van der Waals surface area contributed by atoms with E-state index in [1.807, 2.05) is 18.2 Å². The lowest BCUT2D eigenvalue weighted by Gasteiger charge is -2.20. The van der Waals surface area contributed by atoms with Crippen molar-refractivity contribution in [1.29, 1.82) is 0 Å². The van der Waals surface area contributed by atoms with Crippen LogP contribution in [-0.2, 0) is 16.0 Å². The predicted molar refractivity (Wildman–Crippen MR) is 82.7 cm³/mol. The molecule has 1 heterocycles. The number of aryl methyl sites for hydroxylation is 1. The number of carbonyl (C=O) groups excluding carboxylic acids is 3. The number of anilines is 1. The summed E-state index contributed by atoms with van der Waals surface area (Å²) in [5.41, 5.74) is 2.62. The summed E-state index contributed by atoms with van der Waals surface area (Å²) in [6.07, 6.45) is 2.81. The molecule has 110 valence electrons. The summed E-state index contributed by atoms with van der Waals surface area (Å²) in [4.78, 5) is 37.0. The minimum Gasteiger partial charge on any atom is -0.311 e. The fraction of sp³-hybridized carbons (Fsp3) is 0.438. The van der Waals surface area contributed by atoms with Crippen molar-refractivity contribution in [1.82, 2.24) is 0 Å². The van der Waals surface area contributed by atoms with Crippen molar-refractivity contribution in [3.63, 3.8) is 0 Å². The van der Waals surface area contributed by atoms with Gasteiger partial charge in [-0.15, -0.1) is 0 Å². The van der Waals surface area contributed by atoms with Crippen LogP contribution in [0, 0.1) is 0 Å². The van der Waals surface area contributed by atoms with Crippen molar-refractivity contribution in [3.05, 3.63) is 29.3 Å². The number of fused-ring (bicyclic) bond motifs is 1. The Hall–Kier alpha value is -1.62. The molecule has 1 atom stereocenters. The van der Waals surface area contributed by atoms with Gasteiger partial charge in [-0.3, -0.25) is 14.4 Å². The van der Waals surface area contributed by atoms with Crippen molar-refractivity contribution in [3.8, 4) is 0 Å². The van der Waals surface area contributed by atoms with E-state index < -0.39 is 0 Å². The van der Waals surface area contributed by atoms with Crippen molar-refractivity contribution < 1.29 is 14.4 Å². The molecule has 0 bridgehead atoms. The normalized spacial score (nSPS) is 21.6. The van der Waals surface area contributed by atoms with Gasteiger partial charge in [-0.25, -0.2) is 0 Å². The maximum Gasteiger partial charge on any atom is 0.228 e. The van der Waals surface area contributed by atoms with Crippen molar-refractivity contribution in [2.45, 2.75) is 37.9 Å². The van der Waals surface area contributed by atoms with E-state index in [9.17, 15) is 14.4 Å².